The molecule has 0 aliphatic heterocycles. The van der Waals surface area contributed by atoms with Gasteiger partial charge >= 0.3 is 17.9 Å². The normalized spacial score (nSPS) is 13.0. The van der Waals surface area contributed by atoms with Gasteiger partial charge in [0.2, 0.25) is 0 Å². The minimum Gasteiger partial charge on any atom is -0.462 e. The number of hydrogen-bond acceptors (Lipinski definition) is 6. The Kier molecular flexibility index (Phi) is 47.5. The predicted octanol–water partition coefficient (Wildman–Crippen LogP) is 16.8. The van der Waals surface area contributed by atoms with E-state index in [2.05, 4.69) is 130 Å². The fraction of sp³-hybridized carbons (Fsp3) is 0.632. The van der Waals surface area contributed by atoms with Crippen molar-refractivity contribution in [1.82, 2.24) is 0 Å². The van der Waals surface area contributed by atoms with E-state index in [0.29, 0.717) is 25.7 Å². The summed E-state index contributed by atoms with van der Waals surface area (Å²) >= 11 is 0. The first-order valence-corrected chi connectivity index (χ1v) is 25.4. The highest BCUT2D eigenvalue weighted by atomic mass is 16.6. The lowest BCUT2D eigenvalue weighted by atomic mass is 10.1. The first kappa shape index (κ1) is 59.1. The fourth-order valence-corrected chi connectivity index (χ4v) is 6.42. The Bertz CT molecular complexity index is 1330. The van der Waals surface area contributed by atoms with Crippen LogP contribution >= 0.6 is 0 Å². The first-order chi connectivity index (χ1) is 31.0. The van der Waals surface area contributed by atoms with Gasteiger partial charge < -0.3 is 14.2 Å². The van der Waals surface area contributed by atoms with E-state index >= 15 is 0 Å². The van der Waals surface area contributed by atoms with Crippen molar-refractivity contribution in [1.29, 1.82) is 0 Å². The second-order valence-corrected chi connectivity index (χ2v) is 16.3. The molecule has 0 fully saturated rings. The molecule has 0 bridgehead atoms. The van der Waals surface area contributed by atoms with Crippen molar-refractivity contribution in [3.05, 3.63) is 109 Å². The van der Waals surface area contributed by atoms with Crippen molar-refractivity contribution in [2.24, 2.45) is 0 Å². The molecule has 0 amide bonds. The molecule has 0 saturated heterocycles. The summed E-state index contributed by atoms with van der Waals surface area (Å²) in [5, 5.41) is 0. The summed E-state index contributed by atoms with van der Waals surface area (Å²) in [5.41, 5.74) is 0. The molecule has 0 aromatic heterocycles. The zero-order chi connectivity index (χ0) is 45.8. The highest BCUT2D eigenvalue weighted by Crippen LogP contribution is 2.12. The Morgan fingerprint density at radius 2 is 0.635 bits per heavy atom. The second kappa shape index (κ2) is 50.7. The zero-order valence-corrected chi connectivity index (χ0v) is 40.5. The van der Waals surface area contributed by atoms with Gasteiger partial charge in [-0.3, -0.25) is 14.4 Å². The maximum Gasteiger partial charge on any atom is 0.306 e. The molecule has 0 aliphatic rings. The smallest absolute Gasteiger partial charge is 0.306 e. The van der Waals surface area contributed by atoms with Crippen molar-refractivity contribution < 1.29 is 28.6 Å². The van der Waals surface area contributed by atoms with Gasteiger partial charge in [-0.05, 0) is 122 Å². The van der Waals surface area contributed by atoms with Gasteiger partial charge in [0.15, 0.2) is 6.10 Å². The van der Waals surface area contributed by atoms with Crippen LogP contribution in [0.4, 0.5) is 0 Å². The Hall–Kier alpha value is -3.93. The molecular weight excluding hydrogens is 781 g/mol. The molecule has 356 valence electrons. The van der Waals surface area contributed by atoms with E-state index in [1.165, 1.54) is 64.2 Å². The van der Waals surface area contributed by atoms with Gasteiger partial charge in [-0.2, -0.15) is 0 Å². The average molecular weight is 873 g/mol. The Morgan fingerprint density at radius 1 is 0.333 bits per heavy atom. The van der Waals surface area contributed by atoms with E-state index in [1.54, 1.807) is 0 Å². The molecule has 63 heavy (non-hydrogen) atoms. The van der Waals surface area contributed by atoms with Gasteiger partial charge in [-0.1, -0.05) is 182 Å². The molecule has 0 unspecified atom stereocenters. The largest absolute Gasteiger partial charge is 0.462 e. The van der Waals surface area contributed by atoms with E-state index in [-0.39, 0.29) is 37.5 Å². The molecule has 1 atom stereocenters. The molecule has 0 N–H and O–H groups in total. The molecule has 0 spiro atoms. The molecule has 0 aromatic rings. The lowest BCUT2D eigenvalue weighted by molar-refractivity contribution is -0.167. The van der Waals surface area contributed by atoms with Crippen molar-refractivity contribution in [2.45, 2.75) is 219 Å². The van der Waals surface area contributed by atoms with Crippen LogP contribution in [0.2, 0.25) is 0 Å². The van der Waals surface area contributed by atoms with Crippen LogP contribution in [0.25, 0.3) is 0 Å². The van der Waals surface area contributed by atoms with Crippen LogP contribution in [0.15, 0.2) is 109 Å². The van der Waals surface area contributed by atoms with Gasteiger partial charge in [-0.25, -0.2) is 0 Å². The molecular formula is C57H92O6. The highest BCUT2D eigenvalue weighted by molar-refractivity contribution is 5.71. The predicted molar refractivity (Wildman–Crippen MR) is 270 cm³/mol. The molecule has 0 saturated carbocycles. The van der Waals surface area contributed by atoms with E-state index in [4.69, 9.17) is 14.2 Å². The number of allylic oxidation sites excluding steroid dienone is 18. The van der Waals surface area contributed by atoms with Crippen molar-refractivity contribution in [3.8, 4) is 0 Å². The van der Waals surface area contributed by atoms with Crippen LogP contribution in [0.1, 0.15) is 213 Å². The maximum absolute atomic E-state index is 12.8. The molecule has 0 rings (SSSR count). The number of ether oxygens (including phenoxy) is 3. The van der Waals surface area contributed by atoms with Crippen LogP contribution in [-0.2, 0) is 28.6 Å². The minimum absolute atomic E-state index is 0.119. The third-order valence-electron chi connectivity index (χ3n) is 10.2. The third kappa shape index (κ3) is 49.0. The Balaban J connectivity index is 4.58. The monoisotopic (exact) mass is 873 g/mol. The standard InChI is InChI=1S/C57H92O6/c1-4-7-10-13-16-19-22-25-27-28-30-33-36-39-42-45-48-51-57(60)63-54(52-61-55(58)49-46-43-40-37-34-31-24-21-18-15-12-9-6-3)53-62-56(59)50-47-44-41-38-35-32-29-26-23-20-17-14-11-8-5-2/h7,10,16-17,19-21,24-27,29-30,33,35,38-39,42,54H,4-6,8-9,11-15,18,22-23,28,31-32,34,36-37,40-41,43-53H2,1-3H3/b10-7-,19-16-,20-17-,24-21-,27-25-,29-26-,33-30-,38-35-,42-39-/t54-/m0/s1. The van der Waals surface area contributed by atoms with E-state index < -0.39 is 6.10 Å². The van der Waals surface area contributed by atoms with E-state index in [0.717, 1.165) is 96.3 Å². The molecule has 6 nitrogen and oxygen atoms in total. The lowest BCUT2D eigenvalue weighted by Crippen LogP contribution is -2.30. The van der Waals surface area contributed by atoms with Crippen molar-refractivity contribution in [2.75, 3.05) is 13.2 Å². The second-order valence-electron chi connectivity index (χ2n) is 16.3. The summed E-state index contributed by atoms with van der Waals surface area (Å²) < 4.78 is 16.7. The third-order valence-corrected chi connectivity index (χ3v) is 10.2. The number of rotatable bonds is 44. The Labute approximate surface area is 387 Å². The highest BCUT2D eigenvalue weighted by Gasteiger charge is 2.19. The summed E-state index contributed by atoms with van der Waals surface area (Å²) in [4.78, 5) is 37.9. The van der Waals surface area contributed by atoms with E-state index in [9.17, 15) is 14.4 Å². The lowest BCUT2D eigenvalue weighted by Gasteiger charge is -2.18. The van der Waals surface area contributed by atoms with Crippen molar-refractivity contribution in [3.63, 3.8) is 0 Å². The molecule has 0 radical (unpaired) electrons. The number of hydrogen-bond donors (Lipinski definition) is 0. The van der Waals surface area contributed by atoms with Gasteiger partial charge in [0.25, 0.3) is 0 Å². The van der Waals surface area contributed by atoms with Crippen LogP contribution in [0.3, 0.4) is 0 Å². The van der Waals surface area contributed by atoms with Crippen LogP contribution in [0, 0.1) is 0 Å². The molecule has 0 aliphatic carbocycles. The van der Waals surface area contributed by atoms with Crippen molar-refractivity contribution >= 4 is 17.9 Å². The Morgan fingerprint density at radius 3 is 1.10 bits per heavy atom. The van der Waals surface area contributed by atoms with Gasteiger partial charge in [0, 0.05) is 19.3 Å². The quantitative estimate of drug-likeness (QED) is 0.0263. The van der Waals surface area contributed by atoms with Crippen LogP contribution in [0.5, 0.6) is 0 Å². The molecule has 0 heterocycles. The number of carbonyl (C=O) groups is 3. The number of esters is 3. The topological polar surface area (TPSA) is 78.9 Å². The molecule has 0 aromatic carbocycles. The number of carbonyl (C=O) groups excluding carboxylic acids is 3. The summed E-state index contributed by atoms with van der Waals surface area (Å²) in [6.45, 7) is 6.37. The minimum atomic E-state index is -0.827. The average Bonchev–Trinajstić information content (AvgIpc) is 3.28. The van der Waals surface area contributed by atoms with E-state index in [1.807, 2.05) is 0 Å². The SMILES string of the molecule is CC/C=C\C/C=C\C/C=C\C/C=C\C/C=C\CCCC(=O)O[C@H](COC(=O)CCCC/C=C\C/C=C\C/C=C\CCCCC)COC(=O)CCCCCCC/C=C\CCCCCC. The first-order valence-electron chi connectivity index (χ1n) is 25.4. The summed E-state index contributed by atoms with van der Waals surface area (Å²) in [6.07, 6.45) is 67.9. The molecule has 6 heteroatoms. The van der Waals surface area contributed by atoms with Crippen LogP contribution in [-0.4, -0.2) is 37.2 Å². The number of unbranched alkanes of at least 4 members (excludes halogenated alkanes) is 15. The van der Waals surface area contributed by atoms with Gasteiger partial charge in [0.05, 0.1) is 0 Å². The zero-order valence-electron chi connectivity index (χ0n) is 40.5. The van der Waals surface area contributed by atoms with Crippen LogP contribution < -0.4 is 0 Å². The van der Waals surface area contributed by atoms with Gasteiger partial charge in [-0.15, -0.1) is 0 Å². The van der Waals surface area contributed by atoms with Gasteiger partial charge in [0.1, 0.15) is 13.2 Å². The maximum atomic E-state index is 12.8. The fourth-order valence-electron chi connectivity index (χ4n) is 6.42. The summed E-state index contributed by atoms with van der Waals surface area (Å²) in [5.74, 6) is -1.03. The summed E-state index contributed by atoms with van der Waals surface area (Å²) in [7, 11) is 0. The summed E-state index contributed by atoms with van der Waals surface area (Å²) in [6, 6.07) is 0.